The summed E-state index contributed by atoms with van der Waals surface area (Å²) in [5, 5.41) is 6.72. The molecule has 0 unspecified atom stereocenters. The first-order valence-corrected chi connectivity index (χ1v) is 15.0. The molecule has 3 aromatic rings. The molecule has 42 heavy (non-hydrogen) atoms. The lowest BCUT2D eigenvalue weighted by Crippen LogP contribution is -2.32. The van der Waals surface area contributed by atoms with Crippen molar-refractivity contribution < 1.29 is 33.4 Å². The molecule has 0 fully saturated rings. The quantitative estimate of drug-likeness (QED) is 0.102. The Morgan fingerprint density at radius 1 is 1.05 bits per heavy atom. The second kappa shape index (κ2) is 14.2. The van der Waals surface area contributed by atoms with Crippen LogP contribution in [0.15, 0.2) is 52.0 Å². The zero-order valence-corrected chi connectivity index (χ0v) is 25.7. The average Bonchev–Trinajstić information content (AvgIpc) is 3.31. The van der Waals surface area contributed by atoms with Crippen molar-refractivity contribution in [3.05, 3.63) is 74.1 Å². The summed E-state index contributed by atoms with van der Waals surface area (Å²) in [4.78, 5) is 51.7. The number of anilines is 1. The highest BCUT2D eigenvalue weighted by Crippen LogP contribution is 2.40. The van der Waals surface area contributed by atoms with E-state index in [2.05, 4.69) is 38.7 Å². The highest BCUT2D eigenvalue weighted by molar-refractivity contribution is 9.10. The van der Waals surface area contributed by atoms with Crippen molar-refractivity contribution in [3.63, 3.8) is 0 Å². The Balaban J connectivity index is 1.43. The molecule has 1 aliphatic carbocycles. The largest absolute Gasteiger partial charge is 0.494 e. The van der Waals surface area contributed by atoms with Crippen LogP contribution in [0.1, 0.15) is 63.9 Å². The van der Waals surface area contributed by atoms with E-state index in [0.29, 0.717) is 45.9 Å². The molecule has 1 heterocycles. The molecule has 1 atom stereocenters. The van der Waals surface area contributed by atoms with Crippen molar-refractivity contribution in [3.8, 4) is 11.5 Å². The highest BCUT2D eigenvalue weighted by Gasteiger charge is 2.30. The molecular weight excluding hydrogens is 626 g/mol. The van der Waals surface area contributed by atoms with Crippen molar-refractivity contribution in [2.75, 3.05) is 18.5 Å². The maximum absolute atomic E-state index is 12.7. The normalized spacial score (nSPS) is 14.1. The van der Waals surface area contributed by atoms with E-state index in [0.717, 1.165) is 23.3 Å². The van der Waals surface area contributed by atoms with Crippen LogP contribution in [-0.2, 0) is 27.2 Å². The number of hydrogen-bond acceptors (Lipinski definition) is 9. The predicted octanol–water partition coefficient (Wildman–Crippen LogP) is 5.52. The molecule has 0 saturated heterocycles. The number of carbonyl (C=O) groups is 4. The summed E-state index contributed by atoms with van der Waals surface area (Å²) in [6.45, 7) is 6.41. The van der Waals surface area contributed by atoms with Gasteiger partial charge in [-0.05, 0) is 87.1 Å². The summed E-state index contributed by atoms with van der Waals surface area (Å²) in [6.07, 6.45) is 3.67. The van der Waals surface area contributed by atoms with Gasteiger partial charge in [-0.3, -0.25) is 9.59 Å². The molecule has 12 heteroatoms. The van der Waals surface area contributed by atoms with Crippen molar-refractivity contribution in [2.24, 2.45) is 11.0 Å². The van der Waals surface area contributed by atoms with E-state index in [1.807, 2.05) is 6.92 Å². The number of benzene rings is 2. The lowest BCUT2D eigenvalue weighted by atomic mass is 9.88. The Labute approximate surface area is 255 Å². The third-order valence-corrected chi connectivity index (χ3v) is 8.03. The summed E-state index contributed by atoms with van der Waals surface area (Å²) < 4.78 is 16.8. The number of carbonyl (C=O) groups excluding carboxylic acids is 4. The van der Waals surface area contributed by atoms with Gasteiger partial charge in [-0.25, -0.2) is 15.0 Å². The van der Waals surface area contributed by atoms with Crippen LogP contribution < -0.4 is 20.2 Å². The van der Waals surface area contributed by atoms with E-state index in [-0.39, 0.29) is 17.4 Å². The fourth-order valence-electron chi connectivity index (χ4n) is 4.35. The summed E-state index contributed by atoms with van der Waals surface area (Å²) in [7, 11) is 0. The summed E-state index contributed by atoms with van der Waals surface area (Å²) in [6, 6.07) is 11.4. The molecule has 4 rings (SSSR count). The second-order valence-electron chi connectivity index (χ2n) is 9.46. The Kier molecular flexibility index (Phi) is 10.5. The van der Waals surface area contributed by atoms with E-state index < -0.39 is 23.8 Å². The van der Waals surface area contributed by atoms with Gasteiger partial charge in [0.2, 0.25) is 0 Å². The predicted molar refractivity (Wildman–Crippen MR) is 163 cm³/mol. The minimum absolute atomic E-state index is 0.190. The molecule has 0 radical (unpaired) electrons. The van der Waals surface area contributed by atoms with Crippen molar-refractivity contribution >= 4 is 62.2 Å². The molecule has 0 saturated carbocycles. The molecule has 2 N–H and O–H groups in total. The smallest absolute Gasteiger partial charge is 0.343 e. The topological polar surface area (TPSA) is 132 Å². The molecule has 1 aliphatic rings. The number of nitrogens with one attached hydrogen (secondary N) is 2. The fraction of sp³-hybridized carbons (Fsp3) is 0.300. The maximum atomic E-state index is 12.7. The lowest BCUT2D eigenvalue weighted by molar-refractivity contribution is -0.136. The first-order valence-electron chi connectivity index (χ1n) is 13.4. The van der Waals surface area contributed by atoms with Gasteiger partial charge in [-0.2, -0.15) is 5.10 Å². The number of hydrazone groups is 1. The monoisotopic (exact) mass is 655 g/mol. The molecule has 0 spiro atoms. The maximum Gasteiger partial charge on any atom is 0.343 e. The molecule has 10 nitrogen and oxygen atoms in total. The first-order chi connectivity index (χ1) is 20.2. The number of amides is 2. The van der Waals surface area contributed by atoms with Crippen LogP contribution in [0, 0.1) is 5.92 Å². The van der Waals surface area contributed by atoms with Crippen LogP contribution in [-0.4, -0.2) is 43.2 Å². The number of halogens is 1. The second-order valence-corrected chi connectivity index (χ2v) is 11.5. The van der Waals surface area contributed by atoms with Gasteiger partial charge >= 0.3 is 23.8 Å². The molecular formula is C30H30BrN3O7S. The van der Waals surface area contributed by atoms with E-state index >= 15 is 0 Å². The Morgan fingerprint density at radius 2 is 1.81 bits per heavy atom. The van der Waals surface area contributed by atoms with Crippen LogP contribution in [0.2, 0.25) is 0 Å². The number of fused-ring (bicyclic) bond motifs is 1. The SMILES string of the molecule is CCOC(=O)c1c(NC(=O)C(=O)N/N=C\c2cc(Br)ccc2OC(=O)c2ccc(OCC)cc2)sc2c1CC[C@H](C)C2. The number of thiophene rings is 1. The van der Waals surface area contributed by atoms with E-state index in [1.165, 1.54) is 17.6 Å². The highest BCUT2D eigenvalue weighted by atomic mass is 79.9. The lowest BCUT2D eigenvalue weighted by Gasteiger charge is -2.18. The number of rotatable bonds is 9. The van der Waals surface area contributed by atoms with E-state index in [1.54, 1.807) is 49.4 Å². The van der Waals surface area contributed by atoms with Gasteiger partial charge in [-0.15, -0.1) is 11.3 Å². The zero-order chi connectivity index (χ0) is 30.2. The van der Waals surface area contributed by atoms with Gasteiger partial charge in [-0.1, -0.05) is 22.9 Å². The Bertz CT molecular complexity index is 1520. The average molecular weight is 657 g/mol. The molecule has 1 aromatic heterocycles. The molecule has 0 bridgehead atoms. The third kappa shape index (κ3) is 7.62. The minimum Gasteiger partial charge on any atom is -0.494 e. The standard InChI is InChI=1S/C30H30BrN3O7S/c1-4-39-21-10-7-18(8-11-21)29(37)41-23-13-9-20(31)15-19(23)16-32-34-27(36)26(35)33-28-25(30(38)40-5-2)22-12-6-17(3)14-24(22)42-28/h7-11,13,15-17H,4-6,12,14H2,1-3H3,(H,33,35)(H,34,36)/b32-16-/t17-/m0/s1. The molecule has 2 aromatic carbocycles. The van der Waals surface area contributed by atoms with Crippen molar-refractivity contribution in [1.82, 2.24) is 5.43 Å². The van der Waals surface area contributed by atoms with E-state index in [4.69, 9.17) is 14.2 Å². The Morgan fingerprint density at radius 3 is 2.52 bits per heavy atom. The summed E-state index contributed by atoms with van der Waals surface area (Å²) in [5.74, 6) is -1.86. The fourth-order valence-corrected chi connectivity index (χ4v) is 6.13. The number of ether oxygens (including phenoxy) is 3. The third-order valence-electron chi connectivity index (χ3n) is 6.37. The number of esters is 2. The van der Waals surface area contributed by atoms with Gasteiger partial charge in [0, 0.05) is 14.9 Å². The van der Waals surface area contributed by atoms with Gasteiger partial charge in [0.05, 0.1) is 30.6 Å². The zero-order valence-electron chi connectivity index (χ0n) is 23.3. The van der Waals surface area contributed by atoms with Crippen molar-refractivity contribution in [1.29, 1.82) is 0 Å². The van der Waals surface area contributed by atoms with Crippen LogP contribution in [0.5, 0.6) is 11.5 Å². The summed E-state index contributed by atoms with van der Waals surface area (Å²) >= 11 is 4.65. The molecule has 2 amide bonds. The van der Waals surface area contributed by atoms with Gasteiger partial charge in [0.15, 0.2) is 0 Å². The van der Waals surface area contributed by atoms with Crippen molar-refractivity contribution in [2.45, 2.75) is 40.0 Å². The first kappa shape index (κ1) is 30.9. The van der Waals surface area contributed by atoms with Crippen LogP contribution >= 0.6 is 27.3 Å². The Hall–Kier alpha value is -4.03. The summed E-state index contributed by atoms with van der Waals surface area (Å²) in [5.41, 5.74) is 4.05. The van der Waals surface area contributed by atoms with E-state index in [9.17, 15) is 19.2 Å². The minimum atomic E-state index is -1.04. The molecule has 0 aliphatic heterocycles. The number of hydrogen-bond donors (Lipinski definition) is 2. The van der Waals surface area contributed by atoms with Gasteiger partial charge in [0.25, 0.3) is 0 Å². The number of nitrogens with zero attached hydrogens (tertiary/aromatic N) is 1. The van der Waals surface area contributed by atoms with Crippen LogP contribution in [0.4, 0.5) is 5.00 Å². The molecule has 220 valence electrons. The van der Waals surface area contributed by atoms with Crippen LogP contribution in [0.25, 0.3) is 0 Å². The van der Waals surface area contributed by atoms with Gasteiger partial charge in [0.1, 0.15) is 16.5 Å². The van der Waals surface area contributed by atoms with Crippen LogP contribution in [0.3, 0.4) is 0 Å². The van der Waals surface area contributed by atoms with Gasteiger partial charge < -0.3 is 19.5 Å².